The van der Waals surface area contributed by atoms with Gasteiger partial charge in [-0.05, 0) is 13.0 Å². The lowest BCUT2D eigenvalue weighted by molar-refractivity contribution is 1.48. The smallest absolute Gasteiger partial charge is 0.0277 e. The molecule has 0 aromatic carbocycles. The van der Waals surface area contributed by atoms with Crippen LogP contribution in [0.15, 0.2) is 29.3 Å². The molecule has 0 saturated heterocycles. The third-order valence-corrected chi connectivity index (χ3v) is 0.650. The maximum Gasteiger partial charge on any atom is 0.0277 e. The van der Waals surface area contributed by atoms with Crippen LogP contribution in [0.1, 0.15) is 6.92 Å². The molecular formula is C7H11N. The second-order valence-electron chi connectivity index (χ2n) is 1.32. The maximum atomic E-state index is 3.76. The fourth-order valence-electron chi connectivity index (χ4n) is 0.311. The van der Waals surface area contributed by atoms with Crippen molar-refractivity contribution in [3.05, 3.63) is 24.3 Å². The van der Waals surface area contributed by atoms with Crippen LogP contribution < -0.4 is 0 Å². The first-order valence-electron chi connectivity index (χ1n) is 2.62. The molecule has 0 rings (SSSR count). The van der Waals surface area contributed by atoms with Gasteiger partial charge in [-0.1, -0.05) is 18.2 Å². The Hall–Kier alpha value is -0.850. The molecule has 0 bridgehead atoms. The zero-order valence-electron chi connectivity index (χ0n) is 5.33. The molecule has 0 atom stereocenters. The van der Waals surface area contributed by atoms with E-state index in [-0.39, 0.29) is 0 Å². The lowest BCUT2D eigenvalue weighted by Crippen LogP contribution is -1.58. The van der Waals surface area contributed by atoms with Gasteiger partial charge in [0, 0.05) is 13.3 Å². The molecule has 0 fully saturated rings. The molecule has 8 heavy (non-hydrogen) atoms. The Labute approximate surface area is 50.4 Å². The summed E-state index contributed by atoms with van der Waals surface area (Å²) in [5, 5.41) is 0. The molecule has 0 N–H and O–H groups in total. The molecule has 0 amide bonds. The minimum absolute atomic E-state index is 1.75. The van der Waals surface area contributed by atoms with Crippen LogP contribution in [0.4, 0.5) is 0 Å². The maximum absolute atomic E-state index is 3.76. The van der Waals surface area contributed by atoms with Crippen LogP contribution in [0.25, 0.3) is 0 Å². The van der Waals surface area contributed by atoms with Crippen molar-refractivity contribution in [1.82, 2.24) is 0 Å². The zero-order chi connectivity index (χ0) is 6.24. The Bertz CT molecular complexity index is 95.6. The van der Waals surface area contributed by atoms with Crippen LogP contribution in [-0.2, 0) is 0 Å². The Morgan fingerprint density at radius 2 is 1.88 bits per heavy atom. The monoisotopic (exact) mass is 109 g/mol. The summed E-state index contributed by atoms with van der Waals surface area (Å²) in [4.78, 5) is 3.76. The number of aliphatic imine (C=N–C) groups is 1. The molecule has 0 unspecified atom stereocenters. The minimum Gasteiger partial charge on any atom is -0.297 e. The van der Waals surface area contributed by atoms with Gasteiger partial charge in [0.1, 0.15) is 0 Å². The van der Waals surface area contributed by atoms with Crippen LogP contribution in [0, 0.1) is 0 Å². The molecule has 1 nitrogen and oxygen atoms in total. The van der Waals surface area contributed by atoms with Gasteiger partial charge < -0.3 is 0 Å². The largest absolute Gasteiger partial charge is 0.297 e. The molecule has 0 radical (unpaired) electrons. The first-order chi connectivity index (χ1) is 3.91. The van der Waals surface area contributed by atoms with Gasteiger partial charge in [0.25, 0.3) is 0 Å². The summed E-state index contributed by atoms with van der Waals surface area (Å²) in [5.74, 6) is 0. The Kier molecular flexibility index (Phi) is 5.50. The lowest BCUT2D eigenvalue weighted by Gasteiger charge is -1.68. The topological polar surface area (TPSA) is 12.4 Å². The second kappa shape index (κ2) is 6.15. The molecule has 0 aliphatic rings. The van der Waals surface area contributed by atoms with Crippen LogP contribution in [-0.4, -0.2) is 13.3 Å². The first-order valence-corrected chi connectivity index (χ1v) is 2.62. The second-order valence-corrected chi connectivity index (χ2v) is 1.32. The molecule has 44 valence electrons. The van der Waals surface area contributed by atoms with Crippen molar-refractivity contribution in [3.63, 3.8) is 0 Å². The highest BCUT2D eigenvalue weighted by molar-refractivity contribution is 5.71. The molecule has 0 aromatic heterocycles. The van der Waals surface area contributed by atoms with Crippen molar-refractivity contribution in [2.24, 2.45) is 4.99 Å². The van der Waals surface area contributed by atoms with Gasteiger partial charge in [-0.2, -0.15) is 0 Å². The summed E-state index contributed by atoms with van der Waals surface area (Å²) in [5.41, 5.74) is 0. The van der Waals surface area contributed by atoms with E-state index in [0.717, 1.165) is 0 Å². The van der Waals surface area contributed by atoms with Gasteiger partial charge in [-0.25, -0.2) is 0 Å². The van der Waals surface area contributed by atoms with E-state index in [4.69, 9.17) is 0 Å². The highest BCUT2D eigenvalue weighted by Crippen LogP contribution is 1.71. The van der Waals surface area contributed by atoms with E-state index in [0.29, 0.717) is 0 Å². The highest BCUT2D eigenvalue weighted by atomic mass is 14.6. The lowest BCUT2D eigenvalue weighted by atomic mass is 10.4. The summed E-state index contributed by atoms with van der Waals surface area (Å²) in [7, 11) is 1.75. The SMILES string of the molecule is C/C=C\C=C\C=NC. The van der Waals surface area contributed by atoms with Crippen molar-refractivity contribution >= 4 is 6.21 Å². The molecule has 0 saturated carbocycles. The molecule has 0 aliphatic heterocycles. The van der Waals surface area contributed by atoms with Crippen LogP contribution in [0.2, 0.25) is 0 Å². The minimum atomic E-state index is 1.75. The van der Waals surface area contributed by atoms with Gasteiger partial charge in [0.05, 0.1) is 0 Å². The van der Waals surface area contributed by atoms with Gasteiger partial charge >= 0.3 is 0 Å². The van der Waals surface area contributed by atoms with Crippen molar-refractivity contribution in [2.45, 2.75) is 6.92 Å². The standard InChI is InChI=1S/C7H11N/c1-3-4-5-6-7-8-2/h3-7H,1-2H3/b4-3-,6-5+,8-7?. The molecule has 0 spiro atoms. The van der Waals surface area contributed by atoms with E-state index in [2.05, 4.69) is 4.99 Å². The molecule has 1 heteroatoms. The van der Waals surface area contributed by atoms with Gasteiger partial charge in [-0.15, -0.1) is 0 Å². The van der Waals surface area contributed by atoms with E-state index in [1.165, 1.54) is 0 Å². The number of nitrogens with zero attached hydrogens (tertiary/aromatic N) is 1. The Morgan fingerprint density at radius 1 is 1.12 bits per heavy atom. The third-order valence-electron chi connectivity index (χ3n) is 0.650. The van der Waals surface area contributed by atoms with E-state index in [1.54, 1.807) is 13.3 Å². The number of rotatable bonds is 2. The van der Waals surface area contributed by atoms with E-state index < -0.39 is 0 Å². The summed E-state index contributed by atoms with van der Waals surface area (Å²) in [6, 6.07) is 0. The molecule has 0 heterocycles. The van der Waals surface area contributed by atoms with Crippen LogP contribution in [0.5, 0.6) is 0 Å². The average molecular weight is 109 g/mol. The number of allylic oxidation sites excluding steroid dienone is 4. The normalized spacial score (nSPS) is 12.8. The molecular weight excluding hydrogens is 98.1 g/mol. The van der Waals surface area contributed by atoms with E-state index >= 15 is 0 Å². The van der Waals surface area contributed by atoms with Crippen molar-refractivity contribution < 1.29 is 0 Å². The zero-order valence-corrected chi connectivity index (χ0v) is 5.33. The summed E-state index contributed by atoms with van der Waals surface area (Å²) >= 11 is 0. The Balaban J connectivity index is 3.35. The fourth-order valence-corrected chi connectivity index (χ4v) is 0.311. The predicted molar refractivity (Wildman–Crippen MR) is 38.4 cm³/mol. The average Bonchev–Trinajstić information content (AvgIpc) is 1.81. The fraction of sp³-hybridized carbons (Fsp3) is 0.286. The van der Waals surface area contributed by atoms with Crippen molar-refractivity contribution in [2.75, 3.05) is 7.05 Å². The molecule has 0 aliphatic carbocycles. The third kappa shape index (κ3) is 5.15. The van der Waals surface area contributed by atoms with Crippen molar-refractivity contribution in [3.8, 4) is 0 Å². The summed E-state index contributed by atoms with van der Waals surface area (Å²) < 4.78 is 0. The summed E-state index contributed by atoms with van der Waals surface area (Å²) in [6.07, 6.45) is 9.51. The van der Waals surface area contributed by atoms with Crippen LogP contribution in [0.3, 0.4) is 0 Å². The van der Waals surface area contributed by atoms with Gasteiger partial charge in [-0.3, -0.25) is 4.99 Å². The van der Waals surface area contributed by atoms with E-state index in [9.17, 15) is 0 Å². The predicted octanol–water partition coefficient (Wildman–Crippen LogP) is 1.82. The van der Waals surface area contributed by atoms with E-state index in [1.807, 2.05) is 31.2 Å². The quantitative estimate of drug-likeness (QED) is 0.379. The van der Waals surface area contributed by atoms with Crippen LogP contribution >= 0.6 is 0 Å². The number of hydrogen-bond donors (Lipinski definition) is 0. The summed E-state index contributed by atoms with van der Waals surface area (Å²) in [6.45, 7) is 1.98. The molecule has 0 aromatic rings. The first kappa shape index (κ1) is 7.15. The van der Waals surface area contributed by atoms with Gasteiger partial charge in [0.2, 0.25) is 0 Å². The Morgan fingerprint density at radius 3 is 2.38 bits per heavy atom. The van der Waals surface area contributed by atoms with Gasteiger partial charge in [0.15, 0.2) is 0 Å². The van der Waals surface area contributed by atoms with Crippen molar-refractivity contribution in [1.29, 1.82) is 0 Å². The number of hydrogen-bond acceptors (Lipinski definition) is 1. The highest BCUT2D eigenvalue weighted by Gasteiger charge is 1.55.